The molecule has 2 aromatic carbocycles. The summed E-state index contributed by atoms with van der Waals surface area (Å²) >= 11 is 0. The van der Waals surface area contributed by atoms with E-state index >= 15 is 0 Å². The molecule has 2 heterocycles. The van der Waals surface area contributed by atoms with Crippen LogP contribution in [0.1, 0.15) is 5.56 Å². The third kappa shape index (κ3) is 4.88. The number of anilines is 2. The van der Waals surface area contributed by atoms with Gasteiger partial charge in [-0.15, -0.1) is 0 Å². The number of piperazine rings is 1. The summed E-state index contributed by atoms with van der Waals surface area (Å²) in [5, 5.41) is 21.5. The predicted molar refractivity (Wildman–Crippen MR) is 131 cm³/mol. The third-order valence-corrected chi connectivity index (χ3v) is 7.83. The SMILES string of the molecule is Cc1cc(N2CCN(C)CC2)nc2ccc(N(CC(=O)O)S(=O)(=O)c3ccccc3[N+](=O)[O-])cc12. The summed E-state index contributed by atoms with van der Waals surface area (Å²) < 4.78 is 27.5. The number of aryl methyl sites for hydroxylation is 1. The van der Waals surface area contributed by atoms with Gasteiger partial charge in [-0.3, -0.25) is 19.2 Å². The number of aliphatic carboxylic acids is 1. The van der Waals surface area contributed by atoms with Crippen LogP contribution in [-0.2, 0) is 14.8 Å². The monoisotopic (exact) mass is 499 g/mol. The first-order valence-electron chi connectivity index (χ1n) is 10.9. The fraction of sp³-hybridized carbons (Fsp3) is 0.304. The standard InChI is InChI=1S/C23H25N5O6S/c1-16-13-22(26-11-9-25(2)10-12-26)24-19-8-7-17(14-18(16)19)27(15-23(29)30)35(33,34)21-6-4-3-5-20(21)28(31)32/h3-8,13-14H,9-12,15H2,1-2H3,(H,29,30). The number of nitrogens with zero attached hydrogens (tertiary/aromatic N) is 5. The number of rotatable bonds is 7. The molecule has 184 valence electrons. The Morgan fingerprint density at radius 3 is 2.49 bits per heavy atom. The van der Waals surface area contributed by atoms with Gasteiger partial charge < -0.3 is 14.9 Å². The molecule has 11 nitrogen and oxygen atoms in total. The largest absolute Gasteiger partial charge is 0.480 e. The second-order valence-corrected chi connectivity index (χ2v) is 10.3. The number of aromatic nitrogens is 1. The molecule has 0 radical (unpaired) electrons. The van der Waals surface area contributed by atoms with Gasteiger partial charge in [-0.25, -0.2) is 13.4 Å². The van der Waals surface area contributed by atoms with Gasteiger partial charge in [0.05, 0.1) is 16.1 Å². The molecule has 0 unspecified atom stereocenters. The number of carboxylic acid groups (broad SMARTS) is 1. The smallest absolute Gasteiger partial charge is 0.324 e. The topological polar surface area (TPSA) is 137 Å². The van der Waals surface area contributed by atoms with Crippen molar-refractivity contribution in [2.75, 3.05) is 49.0 Å². The molecule has 0 spiro atoms. The van der Waals surface area contributed by atoms with Crippen molar-refractivity contribution in [1.29, 1.82) is 0 Å². The van der Waals surface area contributed by atoms with Crippen LogP contribution in [0.3, 0.4) is 0 Å². The number of nitro groups is 1. The van der Waals surface area contributed by atoms with E-state index < -0.39 is 38.0 Å². The first-order valence-corrected chi connectivity index (χ1v) is 12.3. The molecule has 12 heteroatoms. The number of carboxylic acids is 1. The van der Waals surface area contributed by atoms with Gasteiger partial charge in [0, 0.05) is 37.6 Å². The maximum absolute atomic E-state index is 13.4. The molecule has 1 aromatic heterocycles. The second kappa shape index (κ2) is 9.47. The van der Waals surface area contributed by atoms with E-state index in [0.717, 1.165) is 49.7 Å². The summed E-state index contributed by atoms with van der Waals surface area (Å²) in [5.74, 6) is -0.571. The van der Waals surface area contributed by atoms with Crippen LogP contribution < -0.4 is 9.21 Å². The lowest BCUT2D eigenvalue weighted by atomic mass is 10.1. The van der Waals surface area contributed by atoms with Crippen LogP contribution >= 0.6 is 0 Å². The van der Waals surface area contributed by atoms with Gasteiger partial charge in [0.1, 0.15) is 12.4 Å². The maximum Gasteiger partial charge on any atom is 0.324 e. The molecule has 1 N–H and O–H groups in total. The van der Waals surface area contributed by atoms with Gasteiger partial charge >= 0.3 is 5.97 Å². The van der Waals surface area contributed by atoms with Crippen LogP contribution in [0.5, 0.6) is 0 Å². The van der Waals surface area contributed by atoms with Crippen molar-refractivity contribution in [3.8, 4) is 0 Å². The van der Waals surface area contributed by atoms with Gasteiger partial charge in [-0.05, 0) is 49.9 Å². The molecule has 0 atom stereocenters. The van der Waals surface area contributed by atoms with Crippen molar-refractivity contribution in [2.24, 2.45) is 0 Å². The van der Waals surface area contributed by atoms with E-state index in [1.54, 1.807) is 12.1 Å². The van der Waals surface area contributed by atoms with Crippen molar-refractivity contribution < 1.29 is 23.2 Å². The van der Waals surface area contributed by atoms with Crippen LogP contribution in [0.25, 0.3) is 10.9 Å². The Balaban J connectivity index is 1.78. The van der Waals surface area contributed by atoms with Crippen LogP contribution in [0.2, 0.25) is 0 Å². The Hall–Kier alpha value is -3.77. The molecule has 0 amide bonds. The van der Waals surface area contributed by atoms with Gasteiger partial charge in [0.25, 0.3) is 15.7 Å². The van der Waals surface area contributed by atoms with E-state index in [4.69, 9.17) is 4.98 Å². The molecule has 1 fully saturated rings. The first kappa shape index (κ1) is 24.4. The molecule has 0 aliphatic carbocycles. The highest BCUT2D eigenvalue weighted by molar-refractivity contribution is 7.93. The predicted octanol–water partition coefficient (Wildman–Crippen LogP) is 2.48. The molecular weight excluding hydrogens is 474 g/mol. The average Bonchev–Trinajstić information content (AvgIpc) is 2.82. The number of nitro benzene ring substituents is 1. The number of likely N-dealkylation sites (N-methyl/N-ethyl adjacent to an activating group) is 1. The molecule has 4 rings (SSSR count). The fourth-order valence-electron chi connectivity index (χ4n) is 4.10. The summed E-state index contributed by atoms with van der Waals surface area (Å²) in [6, 6.07) is 11.5. The lowest BCUT2D eigenvalue weighted by Gasteiger charge is -2.33. The minimum atomic E-state index is -4.56. The van der Waals surface area contributed by atoms with Crippen molar-refractivity contribution in [3.63, 3.8) is 0 Å². The van der Waals surface area contributed by atoms with Gasteiger partial charge in [-0.1, -0.05) is 12.1 Å². The minimum Gasteiger partial charge on any atom is -0.480 e. The summed E-state index contributed by atoms with van der Waals surface area (Å²) in [4.78, 5) is 30.8. The zero-order valence-electron chi connectivity index (χ0n) is 19.3. The van der Waals surface area contributed by atoms with Crippen molar-refractivity contribution in [3.05, 3.63) is 64.2 Å². The molecular formula is C23H25N5O6S. The van der Waals surface area contributed by atoms with Crippen LogP contribution in [0.15, 0.2) is 53.4 Å². The summed E-state index contributed by atoms with van der Waals surface area (Å²) in [6.45, 7) is 4.51. The van der Waals surface area contributed by atoms with E-state index in [2.05, 4.69) is 16.8 Å². The van der Waals surface area contributed by atoms with E-state index in [-0.39, 0.29) is 5.69 Å². The van der Waals surface area contributed by atoms with Gasteiger partial charge in [-0.2, -0.15) is 0 Å². The lowest BCUT2D eigenvalue weighted by molar-refractivity contribution is -0.387. The molecule has 1 aliphatic heterocycles. The summed E-state index contributed by atoms with van der Waals surface area (Å²) in [6.07, 6.45) is 0. The number of carbonyl (C=O) groups is 1. The zero-order chi connectivity index (χ0) is 25.3. The Kier molecular flexibility index (Phi) is 6.59. The lowest BCUT2D eigenvalue weighted by Crippen LogP contribution is -2.44. The average molecular weight is 500 g/mol. The van der Waals surface area contributed by atoms with E-state index in [1.807, 2.05) is 13.0 Å². The Morgan fingerprint density at radius 1 is 1.14 bits per heavy atom. The van der Waals surface area contributed by atoms with Crippen molar-refractivity contribution in [1.82, 2.24) is 9.88 Å². The molecule has 35 heavy (non-hydrogen) atoms. The Bertz CT molecular complexity index is 1400. The quantitative estimate of drug-likeness (QED) is 0.384. The summed E-state index contributed by atoms with van der Waals surface area (Å²) in [7, 11) is -2.49. The van der Waals surface area contributed by atoms with Crippen molar-refractivity contribution in [2.45, 2.75) is 11.8 Å². The van der Waals surface area contributed by atoms with Crippen molar-refractivity contribution >= 4 is 44.1 Å². The second-order valence-electron chi connectivity index (χ2n) is 8.42. The number of benzene rings is 2. The van der Waals surface area contributed by atoms with Crippen LogP contribution in [0, 0.1) is 17.0 Å². The number of hydrogen-bond donors (Lipinski definition) is 1. The number of hydrogen-bond acceptors (Lipinski definition) is 8. The molecule has 1 aliphatic rings. The molecule has 0 saturated carbocycles. The molecule has 3 aromatic rings. The van der Waals surface area contributed by atoms with Crippen LogP contribution in [0.4, 0.5) is 17.2 Å². The Morgan fingerprint density at radius 2 is 1.83 bits per heavy atom. The van der Waals surface area contributed by atoms with E-state index in [1.165, 1.54) is 18.2 Å². The minimum absolute atomic E-state index is 0.0790. The highest BCUT2D eigenvalue weighted by atomic mass is 32.2. The summed E-state index contributed by atoms with van der Waals surface area (Å²) in [5.41, 5.74) is 0.943. The first-order chi connectivity index (χ1) is 16.6. The molecule has 1 saturated heterocycles. The highest BCUT2D eigenvalue weighted by Crippen LogP contribution is 2.32. The zero-order valence-corrected chi connectivity index (χ0v) is 20.1. The third-order valence-electron chi connectivity index (χ3n) is 6.01. The highest BCUT2D eigenvalue weighted by Gasteiger charge is 2.33. The number of para-hydroxylation sites is 1. The van der Waals surface area contributed by atoms with Gasteiger partial charge in [0.15, 0.2) is 4.90 Å². The van der Waals surface area contributed by atoms with Crippen LogP contribution in [-0.4, -0.2) is 74.1 Å². The number of fused-ring (bicyclic) bond motifs is 1. The van der Waals surface area contributed by atoms with E-state index in [9.17, 15) is 28.4 Å². The number of pyridine rings is 1. The maximum atomic E-state index is 13.4. The van der Waals surface area contributed by atoms with E-state index in [0.29, 0.717) is 15.2 Å². The fourth-order valence-corrected chi connectivity index (χ4v) is 5.67. The number of sulfonamides is 1. The Labute approximate surface area is 202 Å². The van der Waals surface area contributed by atoms with Gasteiger partial charge in [0.2, 0.25) is 0 Å². The normalized spacial score (nSPS) is 14.7. The molecule has 0 bridgehead atoms.